The van der Waals surface area contributed by atoms with Gasteiger partial charge >= 0.3 is 0 Å². The largest absolute Gasteiger partial charge is 0.480 e. The maximum Gasteiger partial charge on any atom is 0.280 e. The fraction of sp³-hybridized carbons (Fsp3) is 0.222. The van der Waals surface area contributed by atoms with Crippen LogP contribution in [0.3, 0.4) is 0 Å². The van der Waals surface area contributed by atoms with Crippen LogP contribution < -0.4 is 19.6 Å². The molecule has 0 saturated heterocycles. The van der Waals surface area contributed by atoms with Crippen molar-refractivity contribution in [2.45, 2.75) is 20.0 Å². The lowest BCUT2D eigenvalue weighted by Crippen LogP contribution is -2.33. The minimum Gasteiger partial charge on any atom is -0.480 e. The number of hydrogen-bond donors (Lipinski definition) is 1. The van der Waals surface area contributed by atoms with Crippen molar-refractivity contribution in [1.29, 1.82) is 0 Å². The van der Waals surface area contributed by atoms with Crippen LogP contribution in [-0.4, -0.2) is 25.0 Å². The lowest BCUT2D eigenvalue weighted by Gasteiger charge is -2.14. The molecule has 1 amide bonds. The number of carbonyl (C=O) groups is 1. The molecule has 3 rings (SSSR count). The van der Waals surface area contributed by atoms with Crippen LogP contribution in [0, 0.1) is 6.92 Å². The van der Waals surface area contributed by atoms with Gasteiger partial charge in [-0.2, -0.15) is 5.10 Å². The number of hydrogen-bond acceptors (Lipinski definition) is 5. The quantitative estimate of drug-likeness (QED) is 0.612. The lowest BCUT2D eigenvalue weighted by molar-refractivity contribution is -0.127. The summed E-state index contributed by atoms with van der Waals surface area (Å²) in [4.78, 5) is 12.1. The molecule has 1 atom stereocenters. The van der Waals surface area contributed by atoms with Crippen LogP contribution in [0.25, 0.3) is 0 Å². The molecule has 7 heteroatoms. The Morgan fingerprint density at radius 1 is 1.28 bits per heavy atom. The third-order valence-corrected chi connectivity index (χ3v) is 4.17. The van der Waals surface area contributed by atoms with Crippen molar-refractivity contribution in [1.82, 2.24) is 5.43 Å². The van der Waals surface area contributed by atoms with Crippen molar-refractivity contribution in [2.75, 3.05) is 6.79 Å². The van der Waals surface area contributed by atoms with Gasteiger partial charge < -0.3 is 14.2 Å². The van der Waals surface area contributed by atoms with Gasteiger partial charge in [0, 0.05) is 0 Å². The number of halogens is 1. The third kappa shape index (κ3) is 4.30. The van der Waals surface area contributed by atoms with E-state index < -0.39 is 6.10 Å². The molecule has 2 aromatic rings. The molecule has 1 aliphatic rings. The summed E-state index contributed by atoms with van der Waals surface area (Å²) in [5, 5.41) is 3.95. The maximum atomic E-state index is 12.1. The summed E-state index contributed by atoms with van der Waals surface area (Å²) in [6, 6.07) is 11.1. The SMILES string of the molecule is Cc1ccc(O[C@@H](C)C(=O)N/N=C/c2ccc3c(c2)OCO3)c(Br)c1. The molecule has 1 heterocycles. The first kappa shape index (κ1) is 17.3. The van der Waals surface area contributed by atoms with E-state index in [1.165, 1.54) is 6.21 Å². The van der Waals surface area contributed by atoms with E-state index in [4.69, 9.17) is 14.2 Å². The van der Waals surface area contributed by atoms with Crippen molar-refractivity contribution in [3.63, 3.8) is 0 Å². The third-order valence-electron chi connectivity index (χ3n) is 3.55. The van der Waals surface area contributed by atoms with Gasteiger partial charge in [-0.3, -0.25) is 4.79 Å². The van der Waals surface area contributed by atoms with Crippen LogP contribution in [0.15, 0.2) is 46.0 Å². The molecule has 0 saturated carbocycles. The lowest BCUT2D eigenvalue weighted by atomic mass is 10.2. The number of fused-ring (bicyclic) bond motifs is 1. The Morgan fingerprint density at radius 2 is 2.08 bits per heavy atom. The van der Waals surface area contributed by atoms with Crippen LogP contribution >= 0.6 is 15.9 Å². The van der Waals surface area contributed by atoms with E-state index >= 15 is 0 Å². The summed E-state index contributed by atoms with van der Waals surface area (Å²) < 4.78 is 17.0. The zero-order valence-corrected chi connectivity index (χ0v) is 15.4. The van der Waals surface area contributed by atoms with Gasteiger partial charge in [0.1, 0.15) is 5.75 Å². The Balaban J connectivity index is 1.56. The zero-order valence-electron chi connectivity index (χ0n) is 13.8. The van der Waals surface area contributed by atoms with E-state index in [0.29, 0.717) is 17.2 Å². The van der Waals surface area contributed by atoms with Crippen LogP contribution in [0.1, 0.15) is 18.1 Å². The number of hydrazone groups is 1. The number of benzene rings is 2. The van der Waals surface area contributed by atoms with Gasteiger partial charge in [-0.1, -0.05) is 6.07 Å². The van der Waals surface area contributed by atoms with E-state index in [2.05, 4.69) is 26.5 Å². The van der Waals surface area contributed by atoms with Gasteiger partial charge in [-0.25, -0.2) is 5.43 Å². The van der Waals surface area contributed by atoms with Gasteiger partial charge in [0.25, 0.3) is 5.91 Å². The molecule has 0 aromatic heterocycles. The van der Waals surface area contributed by atoms with Gasteiger partial charge in [0.05, 0.1) is 10.7 Å². The molecule has 25 heavy (non-hydrogen) atoms. The first-order valence-electron chi connectivity index (χ1n) is 7.68. The van der Waals surface area contributed by atoms with E-state index in [0.717, 1.165) is 15.6 Å². The number of aryl methyl sites for hydroxylation is 1. The Bertz CT molecular complexity index is 823. The van der Waals surface area contributed by atoms with E-state index in [9.17, 15) is 4.79 Å². The Hall–Kier alpha value is -2.54. The highest BCUT2D eigenvalue weighted by Gasteiger charge is 2.16. The number of ether oxygens (including phenoxy) is 3. The molecule has 0 aliphatic carbocycles. The molecular formula is C18H17BrN2O4. The average molecular weight is 405 g/mol. The van der Waals surface area contributed by atoms with Crippen molar-refractivity contribution < 1.29 is 19.0 Å². The van der Waals surface area contributed by atoms with Crippen molar-refractivity contribution >= 4 is 28.1 Å². The second kappa shape index (κ2) is 7.57. The van der Waals surface area contributed by atoms with Crippen molar-refractivity contribution in [2.24, 2.45) is 5.10 Å². The molecule has 130 valence electrons. The van der Waals surface area contributed by atoms with Crippen molar-refractivity contribution in [3.8, 4) is 17.2 Å². The fourth-order valence-electron chi connectivity index (χ4n) is 2.20. The summed E-state index contributed by atoms with van der Waals surface area (Å²) in [5.74, 6) is 1.63. The molecule has 0 radical (unpaired) electrons. The number of nitrogens with one attached hydrogen (secondary N) is 1. The highest BCUT2D eigenvalue weighted by atomic mass is 79.9. The molecule has 6 nitrogen and oxygen atoms in total. The predicted molar refractivity (Wildman–Crippen MR) is 97.3 cm³/mol. The van der Waals surface area contributed by atoms with Gasteiger partial charge in [-0.05, 0) is 71.2 Å². The average Bonchev–Trinajstić information content (AvgIpc) is 3.05. The van der Waals surface area contributed by atoms with Crippen molar-refractivity contribution in [3.05, 3.63) is 52.0 Å². The van der Waals surface area contributed by atoms with E-state index in [-0.39, 0.29) is 12.7 Å². The highest BCUT2D eigenvalue weighted by Crippen LogP contribution is 2.32. The second-order valence-corrected chi connectivity index (χ2v) is 6.40. The summed E-state index contributed by atoms with van der Waals surface area (Å²) in [6.45, 7) is 3.86. The minimum atomic E-state index is -0.687. The van der Waals surface area contributed by atoms with Crippen LogP contribution in [0.2, 0.25) is 0 Å². The molecule has 1 N–H and O–H groups in total. The summed E-state index contributed by atoms with van der Waals surface area (Å²) >= 11 is 3.42. The molecule has 1 aliphatic heterocycles. The number of amides is 1. The monoisotopic (exact) mass is 404 g/mol. The number of nitrogens with zero attached hydrogens (tertiary/aromatic N) is 1. The highest BCUT2D eigenvalue weighted by molar-refractivity contribution is 9.10. The topological polar surface area (TPSA) is 69.2 Å². The Morgan fingerprint density at radius 3 is 2.88 bits per heavy atom. The minimum absolute atomic E-state index is 0.218. The summed E-state index contributed by atoms with van der Waals surface area (Å²) in [5.41, 5.74) is 4.36. The van der Waals surface area contributed by atoms with Gasteiger partial charge in [0.2, 0.25) is 6.79 Å². The summed E-state index contributed by atoms with van der Waals surface area (Å²) in [7, 11) is 0. The molecule has 2 aromatic carbocycles. The summed E-state index contributed by atoms with van der Waals surface area (Å²) in [6.07, 6.45) is 0.849. The second-order valence-electron chi connectivity index (χ2n) is 5.54. The number of rotatable bonds is 5. The smallest absolute Gasteiger partial charge is 0.280 e. The van der Waals surface area contributed by atoms with Crippen LogP contribution in [0.5, 0.6) is 17.2 Å². The van der Waals surface area contributed by atoms with E-state index in [1.807, 2.05) is 31.2 Å². The van der Waals surface area contributed by atoms with Crippen LogP contribution in [0.4, 0.5) is 0 Å². The Labute approximate surface area is 153 Å². The Kier molecular flexibility index (Phi) is 5.23. The van der Waals surface area contributed by atoms with E-state index in [1.54, 1.807) is 19.1 Å². The normalized spacial score (nSPS) is 13.7. The molecule has 0 unspecified atom stereocenters. The van der Waals surface area contributed by atoms with Gasteiger partial charge in [0.15, 0.2) is 17.6 Å². The number of carbonyl (C=O) groups excluding carboxylic acids is 1. The first-order chi connectivity index (χ1) is 12.0. The maximum absolute atomic E-state index is 12.1. The fourth-order valence-corrected chi connectivity index (χ4v) is 2.79. The molecular weight excluding hydrogens is 388 g/mol. The van der Waals surface area contributed by atoms with Crippen LogP contribution in [-0.2, 0) is 4.79 Å². The van der Waals surface area contributed by atoms with Gasteiger partial charge in [-0.15, -0.1) is 0 Å². The molecule has 0 bridgehead atoms. The zero-order chi connectivity index (χ0) is 17.8. The first-order valence-corrected chi connectivity index (χ1v) is 8.47. The molecule has 0 fully saturated rings. The predicted octanol–water partition coefficient (Wildman–Crippen LogP) is 3.40. The standard InChI is InChI=1S/C18H17BrN2O4/c1-11-3-5-15(14(19)7-11)25-12(2)18(22)21-20-9-13-4-6-16-17(8-13)24-10-23-16/h3-9,12H,10H2,1-2H3,(H,21,22)/b20-9+/t12-/m0/s1. The molecule has 0 spiro atoms.